The summed E-state index contributed by atoms with van der Waals surface area (Å²) in [6.07, 6.45) is 1.67. The van der Waals surface area contributed by atoms with E-state index in [-0.39, 0.29) is 6.10 Å². The van der Waals surface area contributed by atoms with Gasteiger partial charge in [-0.2, -0.15) is 5.10 Å². The molecule has 4 rings (SSSR count). The fourth-order valence-corrected chi connectivity index (χ4v) is 3.77. The van der Waals surface area contributed by atoms with Gasteiger partial charge in [0.05, 0.1) is 16.5 Å². The van der Waals surface area contributed by atoms with Crippen LogP contribution in [-0.4, -0.2) is 25.5 Å². The van der Waals surface area contributed by atoms with Crippen molar-refractivity contribution in [3.8, 4) is 17.0 Å². The maximum Gasteiger partial charge on any atom is 0.151 e. The van der Waals surface area contributed by atoms with Crippen molar-refractivity contribution in [3.05, 3.63) is 66.6 Å². The molecule has 0 saturated heterocycles. The summed E-state index contributed by atoms with van der Waals surface area (Å²) in [5, 5.41) is 8.33. The first-order valence-corrected chi connectivity index (χ1v) is 10.2. The quantitative estimate of drug-likeness (QED) is 0.483. The lowest BCUT2D eigenvalue weighted by Gasteiger charge is -2.09. The average molecular weight is 410 g/mol. The minimum absolute atomic E-state index is 0.0670. The first-order valence-electron chi connectivity index (χ1n) is 9.05. The summed E-state index contributed by atoms with van der Waals surface area (Å²) < 4.78 is 34.4. The van der Waals surface area contributed by atoms with Crippen LogP contribution in [0.1, 0.15) is 13.8 Å². The molecule has 2 heterocycles. The summed E-state index contributed by atoms with van der Waals surface area (Å²) in [6, 6.07) is 15.0. The highest BCUT2D eigenvalue weighted by molar-refractivity contribution is 7.86. The fourth-order valence-electron chi connectivity index (χ4n) is 2.93. The molecule has 0 saturated carbocycles. The topological polar surface area (TPSA) is 79.9 Å². The van der Waals surface area contributed by atoms with Crippen molar-refractivity contribution in [1.29, 1.82) is 0 Å². The van der Waals surface area contributed by atoms with Crippen LogP contribution in [0.15, 0.2) is 65.7 Å². The van der Waals surface area contributed by atoms with Crippen LogP contribution < -0.4 is 9.46 Å². The number of nitrogens with one attached hydrogen (secondary N) is 2. The lowest BCUT2D eigenvalue weighted by Crippen LogP contribution is -2.06. The molecule has 0 spiro atoms. The number of hydrogen-bond donors (Lipinski definition) is 2. The molecule has 0 amide bonds. The molecule has 8 heteroatoms. The third kappa shape index (κ3) is 4.27. The zero-order valence-electron chi connectivity index (χ0n) is 15.8. The third-order valence-electron chi connectivity index (χ3n) is 4.15. The predicted octanol–water partition coefficient (Wildman–Crippen LogP) is 4.69. The van der Waals surface area contributed by atoms with Gasteiger partial charge in [-0.25, -0.2) is 13.6 Å². The number of pyridine rings is 1. The van der Waals surface area contributed by atoms with Crippen LogP contribution in [0.4, 0.5) is 10.2 Å². The molecule has 0 aliphatic heterocycles. The van der Waals surface area contributed by atoms with E-state index in [9.17, 15) is 8.60 Å². The van der Waals surface area contributed by atoms with Gasteiger partial charge >= 0.3 is 0 Å². The number of anilines is 1. The molecule has 29 heavy (non-hydrogen) atoms. The molecule has 2 aromatic heterocycles. The lowest BCUT2D eigenvalue weighted by molar-refractivity contribution is 0.243. The number of nitrogens with zero attached hydrogens (tertiary/aromatic N) is 2. The smallest absolute Gasteiger partial charge is 0.151 e. The minimum atomic E-state index is -1.64. The Morgan fingerprint density at radius 2 is 2.00 bits per heavy atom. The van der Waals surface area contributed by atoms with E-state index < -0.39 is 16.8 Å². The fraction of sp³-hybridized carbons (Fsp3) is 0.143. The van der Waals surface area contributed by atoms with E-state index in [1.54, 1.807) is 18.3 Å². The molecular weight excluding hydrogens is 391 g/mol. The number of H-pyrrole nitrogens is 1. The van der Waals surface area contributed by atoms with Gasteiger partial charge in [-0.3, -0.25) is 9.82 Å². The van der Waals surface area contributed by atoms with Crippen LogP contribution in [0.2, 0.25) is 0 Å². The number of fused-ring (bicyclic) bond motifs is 1. The van der Waals surface area contributed by atoms with Crippen molar-refractivity contribution >= 4 is 27.7 Å². The Bertz CT molecular complexity index is 1190. The number of rotatable bonds is 6. The van der Waals surface area contributed by atoms with E-state index >= 15 is 0 Å². The molecule has 0 bridgehead atoms. The third-order valence-corrected chi connectivity index (χ3v) is 5.22. The van der Waals surface area contributed by atoms with Gasteiger partial charge < -0.3 is 4.74 Å². The molecule has 4 aromatic rings. The van der Waals surface area contributed by atoms with Crippen molar-refractivity contribution in [2.45, 2.75) is 24.8 Å². The number of aromatic nitrogens is 3. The largest absolute Gasteiger partial charge is 0.491 e. The maximum absolute atomic E-state index is 13.4. The summed E-state index contributed by atoms with van der Waals surface area (Å²) in [6.45, 7) is 3.94. The molecule has 2 N–H and O–H groups in total. The van der Waals surface area contributed by atoms with Crippen molar-refractivity contribution in [1.82, 2.24) is 15.2 Å². The van der Waals surface area contributed by atoms with Gasteiger partial charge in [0.25, 0.3) is 0 Å². The summed E-state index contributed by atoms with van der Waals surface area (Å²) in [4.78, 5) is 4.54. The Balaban J connectivity index is 1.64. The minimum Gasteiger partial charge on any atom is -0.491 e. The highest BCUT2D eigenvalue weighted by Gasteiger charge is 2.12. The number of hydrogen-bond acceptors (Lipinski definition) is 4. The van der Waals surface area contributed by atoms with Gasteiger partial charge in [0, 0.05) is 17.1 Å². The van der Waals surface area contributed by atoms with Crippen LogP contribution in [-0.2, 0) is 11.0 Å². The van der Waals surface area contributed by atoms with Gasteiger partial charge in [-0.05, 0) is 62.4 Å². The molecule has 0 aliphatic rings. The molecule has 0 radical (unpaired) electrons. The van der Waals surface area contributed by atoms with Crippen LogP contribution >= 0.6 is 0 Å². The molecule has 1 unspecified atom stereocenters. The summed E-state index contributed by atoms with van der Waals surface area (Å²) in [5.41, 5.74) is 2.41. The first-order chi connectivity index (χ1) is 14.0. The highest BCUT2D eigenvalue weighted by atomic mass is 32.2. The Hall–Kier alpha value is -3.26. The zero-order chi connectivity index (χ0) is 20.4. The summed E-state index contributed by atoms with van der Waals surface area (Å²) in [7, 11) is -1.64. The maximum atomic E-state index is 13.4. The number of ether oxygens (including phenoxy) is 1. The van der Waals surface area contributed by atoms with Gasteiger partial charge in [-0.15, -0.1) is 0 Å². The Kier molecular flexibility index (Phi) is 5.26. The Morgan fingerprint density at radius 1 is 1.14 bits per heavy atom. The van der Waals surface area contributed by atoms with Gasteiger partial charge in [0.15, 0.2) is 11.0 Å². The van der Waals surface area contributed by atoms with E-state index in [2.05, 4.69) is 19.9 Å². The molecule has 0 fully saturated rings. The normalized spacial score (nSPS) is 12.3. The second-order valence-corrected chi connectivity index (χ2v) is 7.92. The molecular formula is C21H19FN4O2S. The van der Waals surface area contributed by atoms with E-state index in [1.807, 2.05) is 38.1 Å². The molecule has 6 nitrogen and oxygen atoms in total. The Labute approximate surface area is 169 Å². The zero-order valence-corrected chi connectivity index (χ0v) is 16.7. The van der Waals surface area contributed by atoms with Crippen molar-refractivity contribution < 1.29 is 13.3 Å². The van der Waals surface area contributed by atoms with E-state index in [4.69, 9.17) is 4.74 Å². The van der Waals surface area contributed by atoms with Crippen molar-refractivity contribution in [2.75, 3.05) is 4.72 Å². The van der Waals surface area contributed by atoms with Gasteiger partial charge in [-0.1, -0.05) is 6.07 Å². The summed E-state index contributed by atoms with van der Waals surface area (Å²) in [5.74, 6) is 0.715. The van der Waals surface area contributed by atoms with Crippen LogP contribution in [0.25, 0.3) is 22.2 Å². The van der Waals surface area contributed by atoms with Gasteiger partial charge in [0.2, 0.25) is 0 Å². The molecule has 1 atom stereocenters. The van der Waals surface area contributed by atoms with E-state index in [1.165, 1.54) is 18.2 Å². The molecule has 2 aromatic carbocycles. The molecule has 0 aliphatic carbocycles. The highest BCUT2D eigenvalue weighted by Crippen LogP contribution is 2.30. The second kappa shape index (κ2) is 8.00. The van der Waals surface area contributed by atoms with E-state index in [0.717, 1.165) is 27.9 Å². The van der Waals surface area contributed by atoms with E-state index in [0.29, 0.717) is 10.7 Å². The lowest BCUT2D eigenvalue weighted by atomic mass is 10.1. The van der Waals surface area contributed by atoms with Crippen molar-refractivity contribution in [2.24, 2.45) is 0 Å². The SMILES string of the molecule is CC(C)Oc1ccc2[nH]nc(-c3ccnc(NS(=O)c4cccc(F)c4)c3)c2c1. The number of aromatic amines is 1. The predicted molar refractivity (Wildman–Crippen MR) is 112 cm³/mol. The van der Waals surface area contributed by atoms with Gasteiger partial charge in [0.1, 0.15) is 23.1 Å². The van der Waals surface area contributed by atoms with Crippen LogP contribution in [0, 0.1) is 5.82 Å². The van der Waals surface area contributed by atoms with Crippen LogP contribution in [0.5, 0.6) is 5.75 Å². The summed E-state index contributed by atoms with van der Waals surface area (Å²) >= 11 is 0. The second-order valence-electron chi connectivity index (χ2n) is 6.70. The van der Waals surface area contributed by atoms with Crippen molar-refractivity contribution in [3.63, 3.8) is 0 Å². The average Bonchev–Trinajstić information content (AvgIpc) is 3.11. The standard InChI is InChI=1S/C21H19FN4O2S/c1-13(2)28-16-6-7-19-18(12-16)21(25-24-19)14-8-9-23-20(10-14)26-29(27)17-5-3-4-15(22)11-17/h3-13H,1-2H3,(H,23,26)(H,24,25). The monoisotopic (exact) mass is 410 g/mol. The number of benzene rings is 2. The Morgan fingerprint density at radius 3 is 2.79 bits per heavy atom. The first kappa shape index (κ1) is 19.1. The number of halogens is 1. The molecule has 148 valence electrons. The van der Waals surface area contributed by atoms with Crippen LogP contribution in [0.3, 0.4) is 0 Å².